The van der Waals surface area contributed by atoms with Gasteiger partial charge >= 0.3 is 0 Å². The Morgan fingerprint density at radius 2 is 1.92 bits per heavy atom. The maximum absolute atomic E-state index is 13.2. The minimum Gasteiger partial charge on any atom is -0.339 e. The Morgan fingerprint density at radius 3 is 2.67 bits per heavy atom. The van der Waals surface area contributed by atoms with E-state index in [2.05, 4.69) is 9.97 Å². The fourth-order valence-corrected chi connectivity index (χ4v) is 3.21. The molecule has 0 saturated heterocycles. The monoisotopic (exact) mass is 338 g/mol. The van der Waals surface area contributed by atoms with Crippen LogP contribution in [0.4, 0.5) is 22.9 Å². The Kier molecular flexibility index (Phi) is 3.50. The van der Waals surface area contributed by atoms with Crippen LogP contribution in [0.5, 0.6) is 0 Å². The van der Waals surface area contributed by atoms with Crippen molar-refractivity contribution in [2.45, 2.75) is 6.92 Å². The van der Waals surface area contributed by atoms with E-state index in [0.29, 0.717) is 23.1 Å². The number of fused-ring (bicyclic) bond motifs is 2. The standard InChI is InChI=1S/C18H15ClN4O/c1-2-22-14-9-8-12(19)10-15(14)23(13-6-4-3-5-7-13)18(24)16-17(22)21-11-20-16/h3-11H,2H2,1H3,(H,20,21). The van der Waals surface area contributed by atoms with E-state index in [1.807, 2.05) is 60.4 Å². The lowest BCUT2D eigenvalue weighted by Crippen LogP contribution is -2.25. The van der Waals surface area contributed by atoms with Crippen molar-refractivity contribution in [2.75, 3.05) is 16.3 Å². The smallest absolute Gasteiger partial charge is 0.283 e. The number of rotatable bonds is 2. The van der Waals surface area contributed by atoms with Gasteiger partial charge in [-0.1, -0.05) is 29.8 Å². The summed E-state index contributed by atoms with van der Waals surface area (Å²) in [6.07, 6.45) is 1.55. The molecule has 1 amide bonds. The third-order valence-electron chi connectivity index (χ3n) is 4.09. The van der Waals surface area contributed by atoms with Crippen LogP contribution >= 0.6 is 11.6 Å². The van der Waals surface area contributed by atoms with Crippen molar-refractivity contribution in [1.29, 1.82) is 0 Å². The number of amides is 1. The second-order valence-corrected chi connectivity index (χ2v) is 5.89. The van der Waals surface area contributed by atoms with Gasteiger partial charge in [0.25, 0.3) is 5.91 Å². The van der Waals surface area contributed by atoms with Crippen LogP contribution in [0, 0.1) is 0 Å². The summed E-state index contributed by atoms with van der Waals surface area (Å²) in [5, 5.41) is 0.581. The number of hydrogen-bond acceptors (Lipinski definition) is 3. The molecule has 1 aromatic heterocycles. The van der Waals surface area contributed by atoms with Crippen molar-refractivity contribution in [2.24, 2.45) is 0 Å². The van der Waals surface area contributed by atoms with Crippen molar-refractivity contribution in [3.63, 3.8) is 0 Å². The molecule has 1 aliphatic heterocycles. The summed E-state index contributed by atoms with van der Waals surface area (Å²) in [6, 6.07) is 15.1. The van der Waals surface area contributed by atoms with E-state index in [1.54, 1.807) is 11.2 Å². The van der Waals surface area contributed by atoms with Crippen molar-refractivity contribution in [3.05, 3.63) is 65.6 Å². The Hall–Kier alpha value is -2.79. The van der Waals surface area contributed by atoms with Gasteiger partial charge in [-0.05, 0) is 37.3 Å². The number of hydrogen-bond donors (Lipinski definition) is 1. The number of imidazole rings is 1. The first-order chi connectivity index (χ1) is 11.7. The average Bonchev–Trinajstić information content (AvgIpc) is 3.05. The summed E-state index contributed by atoms with van der Waals surface area (Å²) in [7, 11) is 0. The molecule has 0 fully saturated rings. The molecular weight excluding hydrogens is 324 g/mol. The van der Waals surface area contributed by atoms with Crippen LogP contribution in [-0.4, -0.2) is 22.4 Å². The molecular formula is C18H15ClN4O. The SMILES string of the molecule is CCN1c2ccc(Cl)cc2N(c2ccccc2)C(=O)c2[nH]cnc21. The molecule has 5 nitrogen and oxygen atoms in total. The van der Waals surface area contributed by atoms with E-state index in [9.17, 15) is 4.79 Å². The zero-order valence-electron chi connectivity index (χ0n) is 13.0. The molecule has 2 heterocycles. The number of carbonyl (C=O) groups excluding carboxylic acids is 1. The van der Waals surface area contributed by atoms with Gasteiger partial charge in [-0.25, -0.2) is 4.98 Å². The molecule has 0 spiro atoms. The predicted molar refractivity (Wildman–Crippen MR) is 95.6 cm³/mol. The molecule has 24 heavy (non-hydrogen) atoms. The fraction of sp³-hybridized carbons (Fsp3) is 0.111. The number of benzene rings is 2. The molecule has 3 aromatic rings. The molecule has 0 bridgehead atoms. The van der Waals surface area contributed by atoms with E-state index in [4.69, 9.17) is 11.6 Å². The van der Waals surface area contributed by atoms with Crippen LogP contribution in [0.2, 0.25) is 5.02 Å². The highest BCUT2D eigenvalue weighted by molar-refractivity contribution is 6.31. The molecule has 0 aliphatic carbocycles. The lowest BCUT2D eigenvalue weighted by molar-refractivity contribution is 0.0996. The minimum atomic E-state index is -0.159. The summed E-state index contributed by atoms with van der Waals surface area (Å²) in [4.78, 5) is 24.2. The number of para-hydroxylation sites is 1. The first kappa shape index (κ1) is 14.8. The molecule has 4 rings (SSSR count). The van der Waals surface area contributed by atoms with Gasteiger partial charge in [0, 0.05) is 17.3 Å². The second kappa shape index (κ2) is 5.69. The molecule has 120 valence electrons. The zero-order chi connectivity index (χ0) is 16.7. The van der Waals surface area contributed by atoms with Gasteiger partial charge in [0.2, 0.25) is 0 Å². The lowest BCUT2D eigenvalue weighted by Gasteiger charge is -2.26. The van der Waals surface area contributed by atoms with Crippen molar-refractivity contribution < 1.29 is 4.79 Å². The fourth-order valence-electron chi connectivity index (χ4n) is 3.04. The Bertz CT molecular complexity index is 906. The molecule has 2 aromatic carbocycles. The molecule has 1 N–H and O–H groups in total. The van der Waals surface area contributed by atoms with Gasteiger partial charge in [-0.2, -0.15) is 0 Å². The van der Waals surface area contributed by atoms with E-state index >= 15 is 0 Å². The third kappa shape index (κ3) is 2.17. The Morgan fingerprint density at radius 1 is 1.12 bits per heavy atom. The van der Waals surface area contributed by atoms with Crippen LogP contribution in [0.3, 0.4) is 0 Å². The van der Waals surface area contributed by atoms with Crippen LogP contribution < -0.4 is 9.80 Å². The highest BCUT2D eigenvalue weighted by atomic mass is 35.5. The van der Waals surface area contributed by atoms with Gasteiger partial charge in [0.15, 0.2) is 5.82 Å². The summed E-state index contributed by atoms with van der Waals surface area (Å²) in [5.41, 5.74) is 2.88. The maximum atomic E-state index is 13.2. The van der Waals surface area contributed by atoms with E-state index < -0.39 is 0 Å². The molecule has 1 aliphatic rings. The largest absolute Gasteiger partial charge is 0.339 e. The molecule has 0 atom stereocenters. The molecule has 0 unspecified atom stereocenters. The maximum Gasteiger partial charge on any atom is 0.283 e. The van der Waals surface area contributed by atoms with Gasteiger partial charge in [0.05, 0.1) is 17.7 Å². The highest BCUT2D eigenvalue weighted by Gasteiger charge is 2.33. The van der Waals surface area contributed by atoms with Crippen molar-refractivity contribution >= 4 is 40.4 Å². The van der Waals surface area contributed by atoms with Gasteiger partial charge in [-0.15, -0.1) is 0 Å². The quantitative estimate of drug-likeness (QED) is 0.747. The lowest BCUT2D eigenvalue weighted by atomic mass is 10.2. The molecule has 6 heteroatoms. The molecule has 0 radical (unpaired) electrons. The number of aromatic amines is 1. The van der Waals surface area contributed by atoms with Crippen molar-refractivity contribution in [1.82, 2.24) is 9.97 Å². The first-order valence-electron chi connectivity index (χ1n) is 7.70. The normalized spacial score (nSPS) is 13.5. The summed E-state index contributed by atoms with van der Waals surface area (Å²) in [6.45, 7) is 2.71. The van der Waals surface area contributed by atoms with Crippen LogP contribution in [0.25, 0.3) is 0 Å². The Labute approximate surface area is 144 Å². The number of aromatic nitrogens is 2. The van der Waals surface area contributed by atoms with Crippen molar-refractivity contribution in [3.8, 4) is 0 Å². The number of halogens is 1. The number of nitrogens with one attached hydrogen (secondary N) is 1. The topological polar surface area (TPSA) is 52.2 Å². The average molecular weight is 339 g/mol. The highest BCUT2D eigenvalue weighted by Crippen LogP contribution is 2.43. The summed E-state index contributed by atoms with van der Waals surface area (Å²) < 4.78 is 0. The number of anilines is 4. The van der Waals surface area contributed by atoms with Gasteiger partial charge in [0.1, 0.15) is 5.69 Å². The van der Waals surface area contributed by atoms with Crippen LogP contribution in [0.15, 0.2) is 54.9 Å². The summed E-state index contributed by atoms with van der Waals surface area (Å²) >= 11 is 6.23. The predicted octanol–water partition coefficient (Wildman–Crippen LogP) is 4.51. The van der Waals surface area contributed by atoms with E-state index in [0.717, 1.165) is 17.1 Å². The van der Waals surface area contributed by atoms with Crippen LogP contribution in [0.1, 0.15) is 17.4 Å². The van der Waals surface area contributed by atoms with Crippen LogP contribution in [-0.2, 0) is 0 Å². The van der Waals surface area contributed by atoms with Gasteiger partial charge in [-0.3, -0.25) is 9.69 Å². The minimum absolute atomic E-state index is 0.159. The number of H-pyrrole nitrogens is 1. The Balaban J connectivity index is 2.03. The van der Waals surface area contributed by atoms with Gasteiger partial charge < -0.3 is 9.88 Å². The van der Waals surface area contributed by atoms with E-state index in [-0.39, 0.29) is 5.91 Å². The number of carbonyl (C=O) groups is 1. The second-order valence-electron chi connectivity index (χ2n) is 5.45. The first-order valence-corrected chi connectivity index (χ1v) is 8.08. The number of nitrogens with zero attached hydrogens (tertiary/aromatic N) is 3. The summed E-state index contributed by atoms with van der Waals surface area (Å²) in [5.74, 6) is 0.470. The third-order valence-corrected chi connectivity index (χ3v) is 4.33. The molecule has 0 saturated carbocycles. The zero-order valence-corrected chi connectivity index (χ0v) is 13.8. The van der Waals surface area contributed by atoms with E-state index in [1.165, 1.54) is 0 Å².